The van der Waals surface area contributed by atoms with Crippen molar-refractivity contribution in [1.82, 2.24) is 5.43 Å². The van der Waals surface area contributed by atoms with Crippen LogP contribution in [0.1, 0.15) is 35.1 Å². The lowest BCUT2D eigenvalue weighted by Gasteiger charge is -2.13. The molecule has 0 fully saturated rings. The fraction of sp³-hybridized carbons (Fsp3) is 0.222. The first-order chi connectivity index (χ1) is 18.0. The Morgan fingerprint density at radius 3 is 2.42 bits per heavy atom. The highest BCUT2D eigenvalue weighted by Crippen LogP contribution is 2.37. The first-order valence-electron chi connectivity index (χ1n) is 11.4. The van der Waals surface area contributed by atoms with Crippen LogP contribution in [0.2, 0.25) is 0 Å². The molecule has 0 aliphatic rings. The maximum atomic E-state index is 12.8. The molecule has 0 unspecified atom stereocenters. The third-order valence-electron chi connectivity index (χ3n) is 5.21. The molecule has 0 aliphatic heterocycles. The van der Waals surface area contributed by atoms with Gasteiger partial charge < -0.3 is 14.8 Å². The van der Waals surface area contributed by atoms with E-state index in [1.54, 1.807) is 12.1 Å². The van der Waals surface area contributed by atoms with Gasteiger partial charge in [0.25, 0.3) is 0 Å². The summed E-state index contributed by atoms with van der Waals surface area (Å²) in [6, 6.07) is 15.7. The molecule has 38 heavy (non-hydrogen) atoms. The van der Waals surface area contributed by atoms with E-state index in [1.807, 2.05) is 31.2 Å². The first kappa shape index (κ1) is 28.7. The molecule has 0 radical (unpaired) electrons. The summed E-state index contributed by atoms with van der Waals surface area (Å²) in [7, 11) is 1.51. The lowest BCUT2D eigenvalue weighted by Crippen LogP contribution is -2.20. The number of benzene rings is 3. The van der Waals surface area contributed by atoms with Crippen LogP contribution in [0.25, 0.3) is 0 Å². The summed E-state index contributed by atoms with van der Waals surface area (Å²) < 4.78 is 50.4. The van der Waals surface area contributed by atoms with Gasteiger partial charge in [-0.25, -0.2) is 5.43 Å². The molecule has 0 saturated carbocycles. The Morgan fingerprint density at radius 2 is 1.74 bits per heavy atom. The van der Waals surface area contributed by atoms with Crippen molar-refractivity contribution in [2.75, 3.05) is 12.4 Å². The van der Waals surface area contributed by atoms with Gasteiger partial charge in [-0.2, -0.15) is 18.3 Å². The molecule has 3 aromatic rings. The standard InChI is InChI=1S/C27H25BrF3N3O4/c1-17-6-8-18(9-7-17)16-38-26-22(28)12-19(13-23(26)37-2)15-32-34-25(36)11-10-24(35)33-21-5-3-4-20(14-21)27(29,30)31/h3-9,12-15H,10-11,16H2,1-2H3,(H,33,35)(H,34,36). The number of nitrogens with one attached hydrogen (secondary N) is 2. The summed E-state index contributed by atoms with van der Waals surface area (Å²) in [6.45, 7) is 2.36. The number of carbonyl (C=O) groups is 2. The SMILES string of the molecule is COc1cc(C=NNC(=O)CCC(=O)Nc2cccc(C(F)(F)F)c2)cc(Br)c1OCc1ccc(C)cc1. The van der Waals surface area contributed by atoms with E-state index in [2.05, 4.69) is 31.8 Å². The Labute approximate surface area is 226 Å². The van der Waals surface area contributed by atoms with Crippen LogP contribution in [0.5, 0.6) is 11.5 Å². The molecule has 2 amide bonds. The van der Waals surface area contributed by atoms with Crippen molar-refractivity contribution in [3.8, 4) is 11.5 Å². The van der Waals surface area contributed by atoms with E-state index in [-0.39, 0.29) is 18.5 Å². The Morgan fingerprint density at radius 1 is 1.03 bits per heavy atom. The molecule has 0 aromatic heterocycles. The molecule has 0 heterocycles. The number of hydrogen-bond acceptors (Lipinski definition) is 5. The maximum Gasteiger partial charge on any atom is 0.416 e. The molecule has 0 aliphatic carbocycles. The number of hydrogen-bond donors (Lipinski definition) is 2. The highest BCUT2D eigenvalue weighted by molar-refractivity contribution is 9.10. The summed E-state index contributed by atoms with van der Waals surface area (Å²) in [5, 5.41) is 6.24. The zero-order valence-corrected chi connectivity index (χ0v) is 22.2. The molecule has 0 atom stereocenters. The molecular weight excluding hydrogens is 567 g/mol. The van der Waals surface area contributed by atoms with Crippen molar-refractivity contribution in [1.29, 1.82) is 0 Å². The number of aryl methyl sites for hydroxylation is 1. The molecule has 3 aromatic carbocycles. The Hall–Kier alpha value is -3.86. The van der Waals surface area contributed by atoms with Gasteiger partial charge in [-0.05, 0) is 64.3 Å². The number of carbonyl (C=O) groups excluding carboxylic acids is 2. The number of halogens is 4. The molecule has 200 valence electrons. The van der Waals surface area contributed by atoms with Crippen LogP contribution in [0, 0.1) is 6.92 Å². The minimum Gasteiger partial charge on any atom is -0.493 e. The van der Waals surface area contributed by atoms with E-state index in [1.165, 1.54) is 25.5 Å². The molecule has 3 rings (SSSR count). The van der Waals surface area contributed by atoms with Crippen molar-refractivity contribution in [3.63, 3.8) is 0 Å². The maximum absolute atomic E-state index is 12.8. The van der Waals surface area contributed by atoms with Gasteiger partial charge in [0.1, 0.15) is 6.61 Å². The monoisotopic (exact) mass is 591 g/mol. The van der Waals surface area contributed by atoms with E-state index in [9.17, 15) is 22.8 Å². The van der Waals surface area contributed by atoms with Crippen LogP contribution >= 0.6 is 15.9 Å². The Kier molecular flexibility index (Phi) is 9.89. The number of anilines is 1. The van der Waals surface area contributed by atoms with Crippen molar-refractivity contribution in [3.05, 3.63) is 87.4 Å². The lowest BCUT2D eigenvalue weighted by molar-refractivity contribution is -0.137. The second kappa shape index (κ2) is 13.1. The van der Waals surface area contributed by atoms with Crippen LogP contribution in [0.4, 0.5) is 18.9 Å². The normalized spacial score (nSPS) is 11.3. The second-order valence-corrected chi connectivity index (χ2v) is 9.08. The predicted molar refractivity (Wildman–Crippen MR) is 141 cm³/mol. The van der Waals surface area contributed by atoms with Crippen molar-refractivity contribution >= 4 is 39.6 Å². The third kappa shape index (κ3) is 8.62. The summed E-state index contributed by atoms with van der Waals surface area (Å²) in [5.41, 5.74) is 4.20. The van der Waals surface area contributed by atoms with Gasteiger partial charge in [-0.15, -0.1) is 0 Å². The van der Waals surface area contributed by atoms with Gasteiger partial charge in [0, 0.05) is 18.5 Å². The summed E-state index contributed by atoms with van der Waals surface area (Å²) >= 11 is 3.47. The van der Waals surface area contributed by atoms with Crippen LogP contribution in [0.15, 0.2) is 70.2 Å². The number of hydrazone groups is 1. The van der Waals surface area contributed by atoms with Gasteiger partial charge >= 0.3 is 6.18 Å². The highest BCUT2D eigenvalue weighted by atomic mass is 79.9. The van der Waals surface area contributed by atoms with Gasteiger partial charge in [0.05, 0.1) is 23.4 Å². The zero-order valence-electron chi connectivity index (χ0n) is 20.6. The third-order valence-corrected chi connectivity index (χ3v) is 5.80. The minimum absolute atomic E-state index is 0.00549. The molecule has 7 nitrogen and oxygen atoms in total. The van der Waals surface area contributed by atoms with E-state index in [0.717, 1.165) is 23.3 Å². The van der Waals surface area contributed by atoms with E-state index >= 15 is 0 Å². The topological polar surface area (TPSA) is 89.0 Å². The Bertz CT molecular complexity index is 1310. The number of nitrogens with zero attached hydrogens (tertiary/aromatic N) is 1. The van der Waals surface area contributed by atoms with E-state index < -0.39 is 23.6 Å². The number of ether oxygens (including phenoxy) is 2. The lowest BCUT2D eigenvalue weighted by atomic mass is 10.2. The molecule has 11 heteroatoms. The van der Waals surface area contributed by atoms with Gasteiger partial charge in [0.15, 0.2) is 11.5 Å². The largest absolute Gasteiger partial charge is 0.493 e. The van der Waals surface area contributed by atoms with Crippen LogP contribution in [-0.4, -0.2) is 25.1 Å². The van der Waals surface area contributed by atoms with Crippen molar-refractivity contribution in [2.45, 2.75) is 32.5 Å². The fourth-order valence-corrected chi connectivity index (χ4v) is 3.83. The smallest absolute Gasteiger partial charge is 0.416 e. The summed E-state index contributed by atoms with van der Waals surface area (Å²) in [4.78, 5) is 24.1. The zero-order chi connectivity index (χ0) is 27.7. The summed E-state index contributed by atoms with van der Waals surface area (Å²) in [5.74, 6) is -0.158. The molecule has 2 N–H and O–H groups in total. The fourth-order valence-electron chi connectivity index (χ4n) is 3.25. The van der Waals surface area contributed by atoms with E-state index in [0.29, 0.717) is 28.1 Å². The van der Waals surface area contributed by atoms with Gasteiger partial charge in [-0.1, -0.05) is 35.9 Å². The number of alkyl halides is 3. The number of rotatable bonds is 10. The summed E-state index contributed by atoms with van der Waals surface area (Å²) in [6.07, 6.45) is -3.56. The number of methoxy groups -OCH3 is 1. The Balaban J connectivity index is 1.51. The molecular formula is C27H25BrF3N3O4. The van der Waals surface area contributed by atoms with Gasteiger partial charge in [-0.3, -0.25) is 9.59 Å². The average Bonchev–Trinajstić information content (AvgIpc) is 2.87. The first-order valence-corrected chi connectivity index (χ1v) is 12.2. The van der Waals surface area contributed by atoms with E-state index in [4.69, 9.17) is 9.47 Å². The van der Waals surface area contributed by atoms with Crippen LogP contribution in [0.3, 0.4) is 0 Å². The van der Waals surface area contributed by atoms with Crippen molar-refractivity contribution < 1.29 is 32.2 Å². The molecule has 0 spiro atoms. The molecule has 0 bridgehead atoms. The molecule has 0 saturated heterocycles. The highest BCUT2D eigenvalue weighted by Gasteiger charge is 2.30. The second-order valence-electron chi connectivity index (χ2n) is 8.23. The predicted octanol–water partition coefficient (Wildman–Crippen LogP) is 6.23. The minimum atomic E-state index is -4.52. The van der Waals surface area contributed by atoms with Crippen LogP contribution in [-0.2, 0) is 22.4 Å². The van der Waals surface area contributed by atoms with Crippen molar-refractivity contribution in [2.24, 2.45) is 5.10 Å². The van der Waals surface area contributed by atoms with Gasteiger partial charge in [0.2, 0.25) is 11.8 Å². The quantitative estimate of drug-likeness (QED) is 0.216. The number of amides is 2. The van der Waals surface area contributed by atoms with Crippen LogP contribution < -0.4 is 20.2 Å². The average molecular weight is 592 g/mol.